The van der Waals surface area contributed by atoms with Gasteiger partial charge in [-0.3, -0.25) is 9.82 Å². The van der Waals surface area contributed by atoms with E-state index < -0.39 is 15.3 Å². The van der Waals surface area contributed by atoms with Crippen LogP contribution in [-0.4, -0.2) is 23.9 Å². The summed E-state index contributed by atoms with van der Waals surface area (Å²) in [5.41, 5.74) is 5.61. The first kappa shape index (κ1) is 11.3. The van der Waals surface area contributed by atoms with Crippen LogP contribution >= 0.6 is 0 Å². The van der Waals surface area contributed by atoms with Gasteiger partial charge in [0.25, 0.3) is 0 Å². The van der Waals surface area contributed by atoms with Crippen LogP contribution in [-0.2, 0) is 10.0 Å². The van der Waals surface area contributed by atoms with Crippen molar-refractivity contribution in [2.75, 3.05) is 10.5 Å². The van der Waals surface area contributed by atoms with Crippen LogP contribution in [0.5, 0.6) is 0 Å². The second-order valence-electron chi connectivity index (χ2n) is 2.87. The summed E-state index contributed by atoms with van der Waals surface area (Å²) in [6.07, 6.45) is 1.49. The number of H-pyrrole nitrogens is 1. The van der Waals surface area contributed by atoms with Gasteiger partial charge in [0.2, 0.25) is 10.0 Å². The Morgan fingerprint density at radius 1 is 1.80 bits per heavy atom. The molecule has 15 heavy (non-hydrogen) atoms. The van der Waals surface area contributed by atoms with E-state index in [9.17, 15) is 8.42 Å². The predicted molar refractivity (Wildman–Crippen MR) is 55.2 cm³/mol. The second kappa shape index (κ2) is 4.18. The zero-order chi connectivity index (χ0) is 11.5. The Kier molecular flexibility index (Phi) is 3.16. The van der Waals surface area contributed by atoms with Gasteiger partial charge in [0, 0.05) is 0 Å². The molecule has 0 aliphatic heterocycles. The number of hydrogen-bond acceptors (Lipinski definition) is 5. The maximum atomic E-state index is 11.6. The highest BCUT2D eigenvalue weighted by Gasteiger charge is 2.24. The molecule has 1 unspecified atom stereocenters. The Labute approximate surface area is 87.3 Å². The first-order valence-electron chi connectivity index (χ1n) is 4.21. The zero-order valence-electron chi connectivity index (χ0n) is 8.06. The average Bonchev–Trinajstić information content (AvgIpc) is 2.52. The van der Waals surface area contributed by atoms with Gasteiger partial charge in [-0.2, -0.15) is 10.4 Å². The average molecular weight is 229 g/mol. The first-order valence-corrected chi connectivity index (χ1v) is 5.76. The highest BCUT2D eigenvalue weighted by Crippen LogP contribution is 2.16. The molecular formula is C7H11N5O2S. The number of nitrogens with two attached hydrogens (primary N) is 1. The Morgan fingerprint density at radius 2 is 2.47 bits per heavy atom. The summed E-state index contributed by atoms with van der Waals surface area (Å²) < 4.78 is 25.3. The fourth-order valence-electron chi connectivity index (χ4n) is 0.971. The topological polar surface area (TPSA) is 125 Å². The third-order valence-corrected chi connectivity index (χ3v) is 3.48. The molecule has 1 heterocycles. The van der Waals surface area contributed by atoms with Gasteiger partial charge in [-0.15, -0.1) is 0 Å². The normalized spacial score (nSPS) is 13.1. The molecule has 0 amide bonds. The first-order chi connectivity index (χ1) is 7.01. The molecule has 1 rings (SSSR count). The standard InChI is InChI=1S/C7H11N5O2S/c1-2-5(3-8)15(13,14)12-7-6(9)4-10-11-7/h4-5H,2,9H2,1H3,(H2,10,11,12). The number of hydrogen-bond donors (Lipinski definition) is 3. The van der Waals surface area contributed by atoms with Crippen molar-refractivity contribution in [1.29, 1.82) is 5.26 Å². The van der Waals surface area contributed by atoms with Crippen molar-refractivity contribution in [2.45, 2.75) is 18.6 Å². The smallest absolute Gasteiger partial charge is 0.250 e. The molecule has 8 heteroatoms. The summed E-state index contributed by atoms with van der Waals surface area (Å²) in [7, 11) is -3.73. The van der Waals surface area contributed by atoms with Crippen molar-refractivity contribution < 1.29 is 8.42 Å². The van der Waals surface area contributed by atoms with Gasteiger partial charge in [0.05, 0.1) is 18.0 Å². The number of aromatic nitrogens is 2. The second-order valence-corrected chi connectivity index (χ2v) is 4.74. The number of sulfonamides is 1. The summed E-state index contributed by atoms with van der Waals surface area (Å²) in [5.74, 6) is 0.0868. The predicted octanol–water partition coefficient (Wildman–Crippen LogP) is 0.0358. The molecule has 0 aliphatic rings. The third-order valence-electron chi connectivity index (χ3n) is 1.80. The van der Waals surface area contributed by atoms with Crippen LogP contribution in [0.25, 0.3) is 0 Å². The van der Waals surface area contributed by atoms with E-state index in [1.165, 1.54) is 6.20 Å². The fourth-order valence-corrected chi connectivity index (χ4v) is 2.14. The minimum absolute atomic E-state index is 0.0868. The lowest BCUT2D eigenvalue weighted by Crippen LogP contribution is -2.26. The lowest BCUT2D eigenvalue weighted by molar-refractivity contribution is 0.592. The molecule has 0 aromatic carbocycles. The van der Waals surface area contributed by atoms with Crippen LogP contribution in [0.4, 0.5) is 11.5 Å². The number of rotatable bonds is 4. The number of nitriles is 1. The monoisotopic (exact) mass is 229 g/mol. The molecule has 0 aliphatic carbocycles. The molecule has 0 bridgehead atoms. The van der Waals surface area contributed by atoms with Crippen LogP contribution in [0.2, 0.25) is 0 Å². The number of anilines is 2. The Morgan fingerprint density at radius 3 is 2.87 bits per heavy atom. The van der Waals surface area contributed by atoms with Crippen LogP contribution in [0.15, 0.2) is 6.20 Å². The van der Waals surface area contributed by atoms with Crippen molar-refractivity contribution in [3.8, 4) is 6.07 Å². The van der Waals surface area contributed by atoms with Crippen molar-refractivity contribution in [2.24, 2.45) is 0 Å². The van der Waals surface area contributed by atoms with E-state index in [-0.39, 0.29) is 17.9 Å². The Hall–Kier alpha value is -1.75. The Balaban J connectivity index is 2.92. The van der Waals surface area contributed by atoms with E-state index >= 15 is 0 Å². The molecule has 0 saturated heterocycles. The molecular weight excluding hydrogens is 218 g/mol. The molecule has 1 aromatic rings. The van der Waals surface area contributed by atoms with Crippen LogP contribution < -0.4 is 10.5 Å². The maximum absolute atomic E-state index is 11.6. The number of nitrogens with one attached hydrogen (secondary N) is 2. The van der Waals surface area contributed by atoms with E-state index in [0.29, 0.717) is 0 Å². The van der Waals surface area contributed by atoms with E-state index in [1.807, 2.05) is 0 Å². The van der Waals surface area contributed by atoms with Crippen LogP contribution in [0.1, 0.15) is 13.3 Å². The van der Waals surface area contributed by atoms with Gasteiger partial charge < -0.3 is 5.73 Å². The molecule has 0 saturated carbocycles. The summed E-state index contributed by atoms with van der Waals surface area (Å²) in [6.45, 7) is 1.61. The molecule has 0 spiro atoms. The molecule has 1 aromatic heterocycles. The summed E-state index contributed by atoms with van der Waals surface area (Å²) in [6, 6.07) is 1.70. The maximum Gasteiger partial charge on any atom is 0.250 e. The van der Waals surface area contributed by atoms with E-state index in [2.05, 4.69) is 14.9 Å². The van der Waals surface area contributed by atoms with Crippen molar-refractivity contribution >= 4 is 21.5 Å². The largest absolute Gasteiger partial charge is 0.394 e. The summed E-state index contributed by atoms with van der Waals surface area (Å²) >= 11 is 0. The van der Waals surface area contributed by atoms with Gasteiger partial charge in [-0.05, 0) is 6.42 Å². The van der Waals surface area contributed by atoms with Crippen LogP contribution in [0.3, 0.4) is 0 Å². The zero-order valence-corrected chi connectivity index (χ0v) is 8.87. The highest BCUT2D eigenvalue weighted by molar-refractivity contribution is 7.93. The van der Waals surface area contributed by atoms with Gasteiger partial charge in [-0.1, -0.05) is 6.92 Å². The lowest BCUT2D eigenvalue weighted by Gasteiger charge is -2.09. The summed E-state index contributed by atoms with van der Waals surface area (Å²) in [4.78, 5) is 0. The van der Waals surface area contributed by atoms with E-state index in [1.54, 1.807) is 13.0 Å². The minimum Gasteiger partial charge on any atom is -0.394 e. The quantitative estimate of drug-likeness (QED) is 0.672. The molecule has 1 atom stereocenters. The molecule has 4 N–H and O–H groups in total. The number of aromatic amines is 1. The molecule has 82 valence electrons. The highest BCUT2D eigenvalue weighted by atomic mass is 32.2. The number of nitrogen functional groups attached to an aromatic ring is 1. The molecule has 7 nitrogen and oxygen atoms in total. The van der Waals surface area contributed by atoms with E-state index in [0.717, 1.165) is 0 Å². The van der Waals surface area contributed by atoms with Gasteiger partial charge in [0.15, 0.2) is 11.1 Å². The minimum atomic E-state index is -3.73. The van der Waals surface area contributed by atoms with Gasteiger partial charge in [0.1, 0.15) is 0 Å². The van der Waals surface area contributed by atoms with Crippen LogP contribution in [0, 0.1) is 11.3 Å². The van der Waals surface area contributed by atoms with E-state index in [4.69, 9.17) is 11.0 Å². The SMILES string of the molecule is CCC(C#N)S(=O)(=O)Nc1[nH]ncc1N. The van der Waals surface area contributed by atoms with Crippen molar-refractivity contribution in [3.63, 3.8) is 0 Å². The summed E-state index contributed by atoms with van der Waals surface area (Å²) in [5, 5.41) is 13.5. The third kappa shape index (κ3) is 2.38. The van der Waals surface area contributed by atoms with Crippen molar-refractivity contribution in [3.05, 3.63) is 6.20 Å². The fraction of sp³-hybridized carbons (Fsp3) is 0.429. The van der Waals surface area contributed by atoms with Gasteiger partial charge in [-0.25, -0.2) is 8.42 Å². The number of nitrogens with zero attached hydrogens (tertiary/aromatic N) is 2. The Bertz CT molecular complexity index is 472. The molecule has 0 radical (unpaired) electrons. The lowest BCUT2D eigenvalue weighted by atomic mass is 10.4. The van der Waals surface area contributed by atoms with Gasteiger partial charge >= 0.3 is 0 Å². The van der Waals surface area contributed by atoms with Crippen molar-refractivity contribution in [1.82, 2.24) is 10.2 Å². The molecule has 0 fully saturated rings.